The number of hydrogen-bond donors (Lipinski definition) is 0. The van der Waals surface area contributed by atoms with Crippen molar-refractivity contribution in [1.29, 1.82) is 0 Å². The highest BCUT2D eigenvalue weighted by Gasteiger charge is 2.09. The minimum Gasteiger partial charge on any atom is -0.220 e. The smallest absolute Gasteiger partial charge is 0.113 e. The molecule has 17 aromatic carbocycles. The summed E-state index contributed by atoms with van der Waals surface area (Å²) in [6, 6.07) is 157. The van der Waals surface area contributed by atoms with E-state index in [2.05, 4.69) is 434 Å². The molecule has 0 aliphatic carbocycles. The van der Waals surface area contributed by atoms with Crippen LogP contribution in [0, 0.1) is 41.5 Å². The van der Waals surface area contributed by atoms with Crippen molar-refractivity contribution in [3.63, 3.8) is 0 Å². The SMILES string of the molecule is Cc1cc(-c2ccccc2)ccc1-c1ccccc1.Cc1ccc(-c2ccc(-c3ccccc3)cc2)cc1.Cc1ccc(-c2cccc(-c3ccccc3)c2)cc1.Cc1cccc(-c2ccc(-c3ccccc3)cc2)c1.Cc1cccc(-c2cccc(-c3ccccc3)c2)c1.Cc1cccc(-c2cn(-c3ccccc3)nn2)c1. The summed E-state index contributed by atoms with van der Waals surface area (Å²) in [5, 5.41) is 8.38. The molecule has 0 spiro atoms. The summed E-state index contributed by atoms with van der Waals surface area (Å²) in [6.07, 6.45) is 1.95. The van der Waals surface area contributed by atoms with Crippen LogP contribution in [-0.2, 0) is 0 Å². The molecular formula is C110H93N3. The maximum atomic E-state index is 4.22. The van der Waals surface area contributed by atoms with Gasteiger partial charge in [-0.25, -0.2) is 4.68 Å². The highest BCUT2D eigenvalue weighted by atomic mass is 15.4. The highest BCUT2D eigenvalue weighted by Crippen LogP contribution is 2.33. The normalized spacial score (nSPS) is 10.4. The molecule has 548 valence electrons. The number of benzene rings is 17. The lowest BCUT2D eigenvalue weighted by Crippen LogP contribution is -1.93. The van der Waals surface area contributed by atoms with Gasteiger partial charge in [0.25, 0.3) is 0 Å². The molecular weight excluding hydrogens is 1360 g/mol. The molecule has 3 heteroatoms. The molecule has 1 heterocycles. The van der Waals surface area contributed by atoms with E-state index < -0.39 is 0 Å². The van der Waals surface area contributed by atoms with Gasteiger partial charge in [-0.05, 0) is 189 Å². The summed E-state index contributed by atoms with van der Waals surface area (Å²) in [4.78, 5) is 0. The van der Waals surface area contributed by atoms with Gasteiger partial charge in [-0.3, -0.25) is 0 Å². The van der Waals surface area contributed by atoms with Crippen molar-refractivity contribution in [2.24, 2.45) is 0 Å². The molecule has 0 N–H and O–H groups in total. The minimum absolute atomic E-state index is 0.891. The van der Waals surface area contributed by atoms with E-state index in [4.69, 9.17) is 0 Å². The monoisotopic (exact) mass is 1460 g/mol. The van der Waals surface area contributed by atoms with E-state index in [1.165, 1.54) is 145 Å². The molecule has 0 radical (unpaired) electrons. The third-order valence-corrected chi connectivity index (χ3v) is 19.6. The first kappa shape index (κ1) is 77.1. The predicted octanol–water partition coefficient (Wildman–Crippen LogP) is 29.9. The average molecular weight is 1460 g/mol. The lowest BCUT2D eigenvalue weighted by molar-refractivity contribution is 0.804. The van der Waals surface area contributed by atoms with Crippen molar-refractivity contribution in [2.75, 3.05) is 0 Å². The zero-order chi connectivity index (χ0) is 77.8. The predicted molar refractivity (Wildman–Crippen MR) is 482 cm³/mol. The summed E-state index contributed by atoms with van der Waals surface area (Å²) in [5.41, 5.74) is 36.1. The van der Waals surface area contributed by atoms with E-state index in [0.29, 0.717) is 0 Å². The van der Waals surface area contributed by atoms with Gasteiger partial charge < -0.3 is 0 Å². The van der Waals surface area contributed by atoms with Gasteiger partial charge in [-0.2, -0.15) is 0 Å². The second kappa shape index (κ2) is 39.3. The van der Waals surface area contributed by atoms with Gasteiger partial charge in [0.2, 0.25) is 0 Å². The van der Waals surface area contributed by atoms with Crippen molar-refractivity contribution in [3.8, 4) is 128 Å². The molecule has 1 aromatic heterocycles. The standard InChI is InChI=1S/5C19H16.C15H13N3/c1-15-14-18(16-8-4-2-5-9-16)12-13-19(15)17-10-6-3-7-11-17;1-15-7-5-10-17(13-15)19-12-6-11-18(14-19)16-8-3-2-4-9-16;1-15-6-5-9-19(14-15)18-12-10-17(11-13-18)16-7-3-2-4-8-16;1-15-10-12-17(13-11-15)19-9-5-8-18(14-19)16-6-3-2-4-7-16;1-15-7-9-17(10-8-15)19-13-11-18(12-14-19)16-5-3-2-4-6-16;1-12-6-5-7-13(10-12)15-11-18(17-16-15)14-8-3-2-4-9-14/h5*2-14H,1H3;2-11H,1H3. The molecule has 0 amide bonds. The summed E-state index contributed by atoms with van der Waals surface area (Å²) in [7, 11) is 0. The third kappa shape index (κ3) is 22.1. The molecule has 0 unspecified atom stereocenters. The second-order valence-electron chi connectivity index (χ2n) is 28.3. The van der Waals surface area contributed by atoms with Crippen molar-refractivity contribution in [3.05, 3.63) is 488 Å². The molecule has 18 aromatic rings. The Kier molecular flexibility index (Phi) is 26.8. The molecule has 0 fully saturated rings. The average Bonchev–Trinajstić information content (AvgIpc) is 1.79. The fourth-order valence-corrected chi connectivity index (χ4v) is 13.5. The van der Waals surface area contributed by atoms with Gasteiger partial charge in [0.1, 0.15) is 5.69 Å². The van der Waals surface area contributed by atoms with Crippen LogP contribution >= 0.6 is 0 Å². The van der Waals surface area contributed by atoms with Gasteiger partial charge >= 0.3 is 0 Å². The number of aryl methyl sites for hydroxylation is 6. The van der Waals surface area contributed by atoms with Gasteiger partial charge in [0.15, 0.2) is 0 Å². The Morgan fingerprint density at radius 1 is 0.168 bits per heavy atom. The summed E-state index contributed by atoms with van der Waals surface area (Å²) < 4.78 is 1.79. The largest absolute Gasteiger partial charge is 0.220 e. The van der Waals surface area contributed by atoms with Crippen LogP contribution in [0.15, 0.2) is 455 Å². The number of para-hydroxylation sites is 1. The summed E-state index contributed by atoms with van der Waals surface area (Å²) >= 11 is 0. The fourth-order valence-electron chi connectivity index (χ4n) is 13.5. The maximum Gasteiger partial charge on any atom is 0.113 e. The van der Waals surface area contributed by atoms with Gasteiger partial charge in [-0.1, -0.05) is 452 Å². The van der Waals surface area contributed by atoms with E-state index in [0.717, 1.165) is 16.9 Å². The Bertz CT molecular complexity index is 5900. The topological polar surface area (TPSA) is 30.7 Å². The van der Waals surface area contributed by atoms with Crippen molar-refractivity contribution in [1.82, 2.24) is 15.0 Å². The molecule has 0 aliphatic rings. The maximum absolute atomic E-state index is 4.22. The van der Waals surface area contributed by atoms with Crippen molar-refractivity contribution >= 4 is 0 Å². The second-order valence-corrected chi connectivity index (χ2v) is 28.3. The lowest BCUT2D eigenvalue weighted by atomic mass is 9.96. The van der Waals surface area contributed by atoms with Crippen LogP contribution in [-0.4, -0.2) is 15.0 Å². The quantitative estimate of drug-likeness (QED) is 0.122. The Morgan fingerprint density at radius 2 is 0.398 bits per heavy atom. The first-order valence-corrected chi connectivity index (χ1v) is 38.6. The zero-order valence-electron chi connectivity index (χ0n) is 65.1. The van der Waals surface area contributed by atoms with Crippen LogP contribution in [0.2, 0.25) is 0 Å². The van der Waals surface area contributed by atoms with Crippen LogP contribution in [0.25, 0.3) is 128 Å². The Morgan fingerprint density at radius 3 is 0.743 bits per heavy atom. The summed E-state index contributed by atoms with van der Waals surface area (Å²) in [5.74, 6) is 0. The van der Waals surface area contributed by atoms with Crippen LogP contribution in [0.4, 0.5) is 0 Å². The molecule has 18 rings (SSSR count). The number of aromatic nitrogens is 3. The molecule has 0 aliphatic heterocycles. The Labute approximate surface area is 668 Å². The first-order valence-electron chi connectivity index (χ1n) is 38.6. The van der Waals surface area contributed by atoms with Crippen molar-refractivity contribution in [2.45, 2.75) is 41.5 Å². The van der Waals surface area contributed by atoms with E-state index in [1.807, 2.05) is 72.9 Å². The first-order chi connectivity index (χ1) is 55.5. The fraction of sp³-hybridized carbons (Fsp3) is 0.0545. The molecule has 0 atom stereocenters. The van der Waals surface area contributed by atoms with E-state index in [9.17, 15) is 0 Å². The van der Waals surface area contributed by atoms with Crippen LogP contribution in [0.1, 0.15) is 33.4 Å². The molecule has 0 bridgehead atoms. The third-order valence-electron chi connectivity index (χ3n) is 19.6. The number of nitrogens with zero attached hydrogens (tertiary/aromatic N) is 3. The molecule has 0 saturated carbocycles. The lowest BCUT2D eigenvalue weighted by Gasteiger charge is -2.09. The number of hydrogen-bond acceptors (Lipinski definition) is 2. The molecule has 3 nitrogen and oxygen atoms in total. The van der Waals surface area contributed by atoms with Gasteiger partial charge in [0, 0.05) is 5.56 Å². The van der Waals surface area contributed by atoms with E-state index >= 15 is 0 Å². The van der Waals surface area contributed by atoms with Crippen LogP contribution in [0.5, 0.6) is 0 Å². The number of rotatable bonds is 12. The summed E-state index contributed by atoms with van der Waals surface area (Å²) in [6.45, 7) is 12.7. The highest BCUT2D eigenvalue weighted by molar-refractivity contribution is 5.78. The zero-order valence-corrected chi connectivity index (χ0v) is 65.1. The Hall–Kier alpha value is -14.1. The minimum atomic E-state index is 0.891. The van der Waals surface area contributed by atoms with Crippen LogP contribution in [0.3, 0.4) is 0 Å². The van der Waals surface area contributed by atoms with E-state index in [1.54, 1.807) is 4.68 Å². The Balaban J connectivity index is 0.000000119. The van der Waals surface area contributed by atoms with E-state index in [-0.39, 0.29) is 0 Å². The van der Waals surface area contributed by atoms with Gasteiger partial charge in [-0.15, -0.1) is 5.10 Å². The molecule has 113 heavy (non-hydrogen) atoms. The van der Waals surface area contributed by atoms with Gasteiger partial charge in [0.05, 0.1) is 11.9 Å². The molecule has 0 saturated heterocycles. The van der Waals surface area contributed by atoms with Crippen LogP contribution < -0.4 is 0 Å². The van der Waals surface area contributed by atoms with Crippen molar-refractivity contribution < 1.29 is 0 Å².